The number of likely N-dealkylation sites (tertiary alicyclic amines) is 1. The number of amides is 2. The maximum Gasteiger partial charge on any atom is 0.245 e. The number of carbonyl (C=O) groups is 2. The van der Waals surface area contributed by atoms with E-state index in [0.717, 1.165) is 64.0 Å². The Morgan fingerprint density at radius 3 is 2.35 bits per heavy atom. The molecule has 2 saturated heterocycles. The number of rotatable bonds is 9. The number of piperazine rings is 1. The van der Waals surface area contributed by atoms with Gasteiger partial charge in [0.25, 0.3) is 0 Å². The zero-order chi connectivity index (χ0) is 25.0. The van der Waals surface area contributed by atoms with Crippen molar-refractivity contribution in [3.63, 3.8) is 0 Å². The SMILES string of the molecule is CCn1c(CC2CCN(C(=O)[C@H](CC(C)C)N3CCN[C@@H](CC(C)C)C3=O)CC2)nc(C)c1C. The van der Waals surface area contributed by atoms with Gasteiger partial charge in [-0.2, -0.15) is 0 Å². The smallest absolute Gasteiger partial charge is 0.245 e. The fraction of sp³-hybridized carbons (Fsp3) is 0.815. The summed E-state index contributed by atoms with van der Waals surface area (Å²) in [5, 5.41) is 3.38. The number of aryl methyl sites for hydroxylation is 1. The van der Waals surface area contributed by atoms with Crippen molar-refractivity contribution >= 4 is 11.8 Å². The van der Waals surface area contributed by atoms with Gasteiger partial charge in [-0.05, 0) is 64.2 Å². The van der Waals surface area contributed by atoms with Crippen LogP contribution in [-0.2, 0) is 22.6 Å². The zero-order valence-corrected chi connectivity index (χ0v) is 22.6. The van der Waals surface area contributed by atoms with E-state index in [9.17, 15) is 9.59 Å². The Labute approximate surface area is 206 Å². The summed E-state index contributed by atoms with van der Waals surface area (Å²) < 4.78 is 2.33. The first-order valence-electron chi connectivity index (χ1n) is 13.5. The third-order valence-electron chi connectivity index (χ3n) is 7.64. The average molecular weight is 474 g/mol. The maximum atomic E-state index is 13.7. The van der Waals surface area contributed by atoms with E-state index in [0.29, 0.717) is 24.3 Å². The Morgan fingerprint density at radius 1 is 1.09 bits per heavy atom. The van der Waals surface area contributed by atoms with Crippen molar-refractivity contribution in [2.24, 2.45) is 17.8 Å². The standard InChI is InChI=1S/C27H47N5O2/c1-8-31-21(7)20(6)29-25(31)17-22-9-12-30(13-10-22)27(34)24(16-19(4)5)32-14-11-28-23(26(32)33)15-18(2)3/h18-19,22-24,28H,8-17H2,1-7H3/t23-,24-/m0/s1. The van der Waals surface area contributed by atoms with Gasteiger partial charge < -0.3 is 19.7 Å². The molecule has 7 nitrogen and oxygen atoms in total. The van der Waals surface area contributed by atoms with Crippen molar-refractivity contribution in [2.45, 2.75) is 99.2 Å². The first-order valence-corrected chi connectivity index (χ1v) is 13.5. The van der Waals surface area contributed by atoms with Gasteiger partial charge in [0.1, 0.15) is 11.9 Å². The number of hydrogen-bond donors (Lipinski definition) is 1. The van der Waals surface area contributed by atoms with E-state index in [1.54, 1.807) is 0 Å². The summed E-state index contributed by atoms with van der Waals surface area (Å²) in [5.74, 6) is 2.78. The predicted molar refractivity (Wildman–Crippen MR) is 137 cm³/mol. The second-order valence-corrected chi connectivity index (χ2v) is 11.2. The highest BCUT2D eigenvalue weighted by Crippen LogP contribution is 2.26. The van der Waals surface area contributed by atoms with Crippen LogP contribution < -0.4 is 5.32 Å². The lowest BCUT2D eigenvalue weighted by Gasteiger charge is -2.42. The summed E-state index contributed by atoms with van der Waals surface area (Å²) in [4.78, 5) is 35.8. The van der Waals surface area contributed by atoms with Gasteiger partial charge >= 0.3 is 0 Å². The van der Waals surface area contributed by atoms with Crippen molar-refractivity contribution in [1.82, 2.24) is 24.7 Å². The molecule has 0 unspecified atom stereocenters. The third kappa shape index (κ3) is 6.21. The Hall–Kier alpha value is -1.89. The molecule has 0 bridgehead atoms. The van der Waals surface area contributed by atoms with Crippen molar-refractivity contribution < 1.29 is 9.59 Å². The number of nitrogens with zero attached hydrogens (tertiary/aromatic N) is 4. The van der Waals surface area contributed by atoms with E-state index >= 15 is 0 Å². The van der Waals surface area contributed by atoms with Gasteiger partial charge in [-0.15, -0.1) is 0 Å². The van der Waals surface area contributed by atoms with E-state index in [4.69, 9.17) is 4.98 Å². The molecule has 192 valence electrons. The van der Waals surface area contributed by atoms with Gasteiger partial charge in [-0.1, -0.05) is 27.7 Å². The molecule has 2 aliphatic heterocycles. The molecule has 1 aromatic rings. The summed E-state index contributed by atoms with van der Waals surface area (Å²) in [6.07, 6.45) is 4.52. The minimum absolute atomic E-state index is 0.103. The zero-order valence-electron chi connectivity index (χ0n) is 22.6. The van der Waals surface area contributed by atoms with Crippen LogP contribution in [0.25, 0.3) is 0 Å². The Balaban J connectivity index is 1.65. The van der Waals surface area contributed by atoms with Gasteiger partial charge in [0.15, 0.2) is 0 Å². The molecule has 2 amide bonds. The van der Waals surface area contributed by atoms with Crippen molar-refractivity contribution in [3.8, 4) is 0 Å². The van der Waals surface area contributed by atoms with Crippen LogP contribution in [-0.4, -0.2) is 69.4 Å². The Bertz CT molecular complexity index is 838. The highest BCUT2D eigenvalue weighted by atomic mass is 16.2. The lowest BCUT2D eigenvalue weighted by Crippen LogP contribution is -2.62. The molecule has 0 spiro atoms. The lowest BCUT2D eigenvalue weighted by molar-refractivity contribution is -0.150. The number of carbonyl (C=O) groups excluding carboxylic acids is 2. The molecule has 0 aromatic carbocycles. The Kier molecular flexibility index (Phi) is 9.19. The third-order valence-corrected chi connectivity index (χ3v) is 7.64. The summed E-state index contributed by atoms with van der Waals surface area (Å²) in [6, 6.07) is -0.513. The fourth-order valence-corrected chi connectivity index (χ4v) is 5.66. The number of imidazole rings is 1. The number of hydrogen-bond acceptors (Lipinski definition) is 4. The molecular weight excluding hydrogens is 426 g/mol. The van der Waals surface area contributed by atoms with Crippen LogP contribution in [0.3, 0.4) is 0 Å². The van der Waals surface area contributed by atoms with E-state index in [2.05, 4.69) is 58.4 Å². The maximum absolute atomic E-state index is 13.7. The van der Waals surface area contributed by atoms with Crippen molar-refractivity contribution in [2.75, 3.05) is 26.2 Å². The molecule has 2 aliphatic rings. The van der Waals surface area contributed by atoms with Gasteiger partial charge in [0.05, 0.1) is 11.7 Å². The van der Waals surface area contributed by atoms with Gasteiger partial charge in [-0.3, -0.25) is 9.59 Å². The number of aromatic nitrogens is 2. The minimum atomic E-state index is -0.342. The van der Waals surface area contributed by atoms with Crippen LogP contribution in [0, 0.1) is 31.6 Å². The molecule has 1 aromatic heterocycles. The van der Waals surface area contributed by atoms with Crippen LogP contribution >= 0.6 is 0 Å². The quantitative estimate of drug-likeness (QED) is 0.595. The first-order chi connectivity index (χ1) is 16.1. The minimum Gasteiger partial charge on any atom is -0.341 e. The van der Waals surface area contributed by atoms with Crippen molar-refractivity contribution in [3.05, 3.63) is 17.2 Å². The van der Waals surface area contributed by atoms with E-state index in [1.807, 2.05) is 9.80 Å². The Morgan fingerprint density at radius 2 is 1.76 bits per heavy atom. The molecule has 0 radical (unpaired) electrons. The van der Waals surface area contributed by atoms with Crippen LogP contribution in [0.15, 0.2) is 0 Å². The number of piperidine rings is 1. The van der Waals surface area contributed by atoms with E-state index < -0.39 is 0 Å². The summed E-state index contributed by atoms with van der Waals surface area (Å²) in [5.41, 5.74) is 2.38. The lowest BCUT2D eigenvalue weighted by atomic mass is 9.91. The molecule has 34 heavy (non-hydrogen) atoms. The monoisotopic (exact) mass is 473 g/mol. The van der Waals surface area contributed by atoms with Gasteiger partial charge in [0.2, 0.25) is 11.8 Å². The molecule has 0 saturated carbocycles. The van der Waals surface area contributed by atoms with Crippen LogP contribution in [0.1, 0.15) is 77.5 Å². The predicted octanol–water partition coefficient (Wildman–Crippen LogP) is 3.56. The van der Waals surface area contributed by atoms with Gasteiger partial charge in [-0.25, -0.2) is 4.98 Å². The molecule has 2 fully saturated rings. The summed E-state index contributed by atoms with van der Waals surface area (Å²) in [6.45, 7) is 18.9. The van der Waals surface area contributed by atoms with Crippen LogP contribution in [0.5, 0.6) is 0 Å². The molecular formula is C27H47N5O2. The molecule has 3 heterocycles. The van der Waals surface area contributed by atoms with Gasteiger partial charge in [0, 0.05) is 44.8 Å². The second kappa shape index (κ2) is 11.7. The summed E-state index contributed by atoms with van der Waals surface area (Å²) in [7, 11) is 0. The van der Waals surface area contributed by atoms with Crippen molar-refractivity contribution in [1.29, 1.82) is 0 Å². The fourth-order valence-electron chi connectivity index (χ4n) is 5.66. The molecule has 3 rings (SSSR count). The highest BCUT2D eigenvalue weighted by molar-refractivity contribution is 5.90. The molecule has 0 aliphatic carbocycles. The topological polar surface area (TPSA) is 70.5 Å². The van der Waals surface area contributed by atoms with E-state index in [1.165, 1.54) is 11.5 Å². The molecule has 2 atom stereocenters. The normalized spacial score (nSPS) is 21.1. The van der Waals surface area contributed by atoms with Crippen LogP contribution in [0.4, 0.5) is 0 Å². The van der Waals surface area contributed by atoms with Crippen LogP contribution in [0.2, 0.25) is 0 Å². The summed E-state index contributed by atoms with van der Waals surface area (Å²) >= 11 is 0. The second-order valence-electron chi connectivity index (χ2n) is 11.2. The molecule has 7 heteroatoms. The van der Waals surface area contributed by atoms with E-state index in [-0.39, 0.29) is 23.9 Å². The average Bonchev–Trinajstić information content (AvgIpc) is 3.05. The number of nitrogens with one attached hydrogen (secondary N) is 1. The first kappa shape index (κ1) is 26.7. The highest BCUT2D eigenvalue weighted by Gasteiger charge is 2.39. The molecule has 1 N–H and O–H groups in total. The largest absolute Gasteiger partial charge is 0.341 e.